The molecule has 1 N–H and O–H groups in total. The first kappa shape index (κ1) is 19.2. The van der Waals surface area contributed by atoms with Crippen LogP contribution >= 0.6 is 22.9 Å². The quantitative estimate of drug-likeness (QED) is 0.603. The summed E-state index contributed by atoms with van der Waals surface area (Å²) in [5.41, 5.74) is 0.618. The molecule has 0 saturated carbocycles. The van der Waals surface area contributed by atoms with Gasteiger partial charge in [0.25, 0.3) is 5.19 Å². The van der Waals surface area contributed by atoms with Gasteiger partial charge in [-0.05, 0) is 26.0 Å². The van der Waals surface area contributed by atoms with Crippen molar-refractivity contribution in [1.82, 2.24) is 15.5 Å². The zero-order chi connectivity index (χ0) is 19.4. The molecule has 1 aromatic carbocycles. The third-order valence-corrected chi connectivity index (χ3v) is 4.72. The molecule has 1 atom stereocenters. The monoisotopic (exact) mass is 407 g/mol. The van der Waals surface area contributed by atoms with Crippen molar-refractivity contribution in [1.29, 1.82) is 0 Å². The number of thiazole rings is 1. The van der Waals surface area contributed by atoms with Crippen molar-refractivity contribution in [3.8, 4) is 27.3 Å². The number of aromatic nitrogens is 2. The van der Waals surface area contributed by atoms with E-state index >= 15 is 0 Å². The molecule has 0 aliphatic rings. The lowest BCUT2D eigenvalue weighted by molar-refractivity contribution is -0.119. The minimum atomic E-state index is -0.268. The molecule has 7 nitrogen and oxygen atoms in total. The number of hydrogen-bond acceptors (Lipinski definition) is 7. The molecule has 0 fully saturated rings. The largest absolute Gasteiger partial charge is 0.494 e. The SMILES string of the molecule is CCOc1ccc(Oc2ncc(-c3cc(C(C)NC(C)=O)on3)s2)c(Cl)c1. The van der Waals surface area contributed by atoms with Crippen molar-refractivity contribution in [3.05, 3.63) is 41.2 Å². The Kier molecular flexibility index (Phi) is 5.98. The van der Waals surface area contributed by atoms with E-state index in [0.29, 0.717) is 39.8 Å². The summed E-state index contributed by atoms with van der Waals surface area (Å²) in [5.74, 6) is 1.59. The van der Waals surface area contributed by atoms with Crippen LogP contribution < -0.4 is 14.8 Å². The summed E-state index contributed by atoms with van der Waals surface area (Å²) in [6.07, 6.45) is 1.65. The molecule has 9 heteroatoms. The minimum Gasteiger partial charge on any atom is -0.494 e. The van der Waals surface area contributed by atoms with Crippen LogP contribution in [0.15, 0.2) is 35.0 Å². The molecule has 1 unspecified atom stereocenters. The van der Waals surface area contributed by atoms with Crippen LogP contribution in [0.1, 0.15) is 32.6 Å². The topological polar surface area (TPSA) is 86.5 Å². The van der Waals surface area contributed by atoms with Crippen LogP contribution in [0.2, 0.25) is 5.02 Å². The second-order valence-electron chi connectivity index (χ2n) is 5.65. The van der Waals surface area contributed by atoms with Gasteiger partial charge in [-0.2, -0.15) is 0 Å². The van der Waals surface area contributed by atoms with E-state index < -0.39 is 0 Å². The van der Waals surface area contributed by atoms with Crippen LogP contribution in [0, 0.1) is 0 Å². The number of rotatable bonds is 7. The summed E-state index contributed by atoms with van der Waals surface area (Å²) in [4.78, 5) is 16.2. The van der Waals surface area contributed by atoms with Crippen molar-refractivity contribution in [3.63, 3.8) is 0 Å². The molecular formula is C18H18ClN3O4S. The van der Waals surface area contributed by atoms with Gasteiger partial charge >= 0.3 is 0 Å². The second kappa shape index (κ2) is 8.41. The summed E-state index contributed by atoms with van der Waals surface area (Å²) in [6, 6.07) is 6.71. The Morgan fingerprint density at radius 3 is 2.93 bits per heavy atom. The van der Waals surface area contributed by atoms with Gasteiger partial charge in [0, 0.05) is 19.1 Å². The van der Waals surface area contributed by atoms with Gasteiger partial charge in [0.1, 0.15) is 17.2 Å². The van der Waals surface area contributed by atoms with Crippen molar-refractivity contribution in [2.45, 2.75) is 26.8 Å². The highest BCUT2D eigenvalue weighted by Crippen LogP contribution is 2.37. The number of nitrogens with one attached hydrogen (secondary N) is 1. The number of amides is 1. The van der Waals surface area contributed by atoms with E-state index in [1.165, 1.54) is 18.3 Å². The summed E-state index contributed by atoms with van der Waals surface area (Å²) < 4.78 is 16.5. The summed E-state index contributed by atoms with van der Waals surface area (Å²) in [5, 5.41) is 7.64. The van der Waals surface area contributed by atoms with Gasteiger partial charge in [-0.1, -0.05) is 28.1 Å². The van der Waals surface area contributed by atoms with E-state index in [1.54, 1.807) is 30.5 Å². The van der Waals surface area contributed by atoms with Crippen molar-refractivity contribution < 1.29 is 18.8 Å². The van der Waals surface area contributed by atoms with Gasteiger partial charge in [-0.15, -0.1) is 0 Å². The van der Waals surface area contributed by atoms with Gasteiger partial charge in [0.15, 0.2) is 5.76 Å². The molecule has 2 aromatic heterocycles. The number of carbonyl (C=O) groups excluding carboxylic acids is 1. The standard InChI is InChI=1S/C18H18ClN3O4S/c1-4-24-12-5-6-15(13(19)7-12)25-18-20-9-17(27-18)14-8-16(26-22-14)10(2)21-11(3)23/h5-10H,4H2,1-3H3,(H,21,23). The molecule has 0 bridgehead atoms. The molecule has 0 aliphatic carbocycles. The van der Waals surface area contributed by atoms with Crippen molar-refractivity contribution in [2.24, 2.45) is 0 Å². The highest BCUT2D eigenvalue weighted by molar-refractivity contribution is 7.16. The normalized spacial score (nSPS) is 11.9. The number of hydrogen-bond donors (Lipinski definition) is 1. The lowest BCUT2D eigenvalue weighted by Crippen LogP contribution is -2.23. The fourth-order valence-corrected chi connectivity index (χ4v) is 3.26. The molecular weight excluding hydrogens is 390 g/mol. The maximum absolute atomic E-state index is 11.1. The van der Waals surface area contributed by atoms with Gasteiger partial charge < -0.3 is 19.3 Å². The highest BCUT2D eigenvalue weighted by atomic mass is 35.5. The Balaban J connectivity index is 1.72. The van der Waals surface area contributed by atoms with Crippen molar-refractivity contribution >= 4 is 28.8 Å². The molecule has 0 aliphatic heterocycles. The molecule has 3 aromatic rings. The summed E-state index contributed by atoms with van der Waals surface area (Å²) in [7, 11) is 0. The van der Waals surface area contributed by atoms with Crippen LogP contribution in [0.4, 0.5) is 0 Å². The van der Waals surface area contributed by atoms with E-state index in [-0.39, 0.29) is 11.9 Å². The van der Waals surface area contributed by atoms with Gasteiger partial charge in [0.05, 0.1) is 28.7 Å². The Labute approximate surface area is 165 Å². The first-order valence-electron chi connectivity index (χ1n) is 8.26. The first-order valence-corrected chi connectivity index (χ1v) is 9.45. The van der Waals surface area contributed by atoms with Gasteiger partial charge in [-0.25, -0.2) is 4.98 Å². The lowest BCUT2D eigenvalue weighted by Gasteiger charge is -2.07. The number of carbonyl (C=O) groups is 1. The third kappa shape index (κ3) is 4.78. The van der Waals surface area contributed by atoms with Crippen molar-refractivity contribution in [2.75, 3.05) is 6.61 Å². The molecule has 2 heterocycles. The first-order chi connectivity index (χ1) is 13.0. The Morgan fingerprint density at radius 1 is 1.41 bits per heavy atom. The Bertz CT molecular complexity index is 940. The number of halogens is 1. The zero-order valence-electron chi connectivity index (χ0n) is 15.0. The molecule has 1 amide bonds. The molecule has 0 saturated heterocycles. The van der Waals surface area contributed by atoms with Gasteiger partial charge in [-0.3, -0.25) is 4.79 Å². The average Bonchev–Trinajstić information content (AvgIpc) is 3.26. The summed E-state index contributed by atoms with van der Waals surface area (Å²) in [6.45, 7) is 5.74. The fourth-order valence-electron chi connectivity index (χ4n) is 2.32. The smallest absolute Gasteiger partial charge is 0.279 e. The number of benzene rings is 1. The Morgan fingerprint density at radius 2 is 2.22 bits per heavy atom. The van der Waals surface area contributed by atoms with E-state index in [9.17, 15) is 4.79 Å². The minimum absolute atomic E-state index is 0.138. The van der Waals surface area contributed by atoms with Crippen LogP contribution in [0.5, 0.6) is 16.7 Å². The van der Waals surface area contributed by atoms with E-state index in [1.807, 2.05) is 13.8 Å². The summed E-state index contributed by atoms with van der Waals surface area (Å²) >= 11 is 7.54. The highest BCUT2D eigenvalue weighted by Gasteiger charge is 2.16. The van der Waals surface area contributed by atoms with E-state index in [4.69, 9.17) is 25.6 Å². The molecule has 0 spiro atoms. The van der Waals surface area contributed by atoms with Gasteiger partial charge in [0.2, 0.25) is 5.91 Å². The van der Waals surface area contributed by atoms with Crippen LogP contribution in [-0.2, 0) is 4.79 Å². The van der Waals surface area contributed by atoms with Crippen LogP contribution in [-0.4, -0.2) is 22.7 Å². The average molecular weight is 408 g/mol. The number of ether oxygens (including phenoxy) is 2. The van der Waals surface area contributed by atoms with E-state index in [2.05, 4.69) is 15.5 Å². The maximum Gasteiger partial charge on any atom is 0.279 e. The van der Waals surface area contributed by atoms with Crippen LogP contribution in [0.25, 0.3) is 10.6 Å². The Hall–Kier alpha value is -2.58. The van der Waals surface area contributed by atoms with Crippen LogP contribution in [0.3, 0.4) is 0 Å². The second-order valence-corrected chi connectivity index (χ2v) is 7.05. The van der Waals surface area contributed by atoms with E-state index in [0.717, 1.165) is 4.88 Å². The predicted molar refractivity (Wildman–Crippen MR) is 103 cm³/mol. The molecule has 142 valence electrons. The fraction of sp³-hybridized carbons (Fsp3) is 0.278. The zero-order valence-corrected chi connectivity index (χ0v) is 16.6. The lowest BCUT2D eigenvalue weighted by atomic mass is 10.2. The maximum atomic E-state index is 11.1. The molecule has 0 radical (unpaired) electrons. The molecule has 27 heavy (non-hydrogen) atoms. The number of nitrogens with zero attached hydrogens (tertiary/aromatic N) is 2. The predicted octanol–water partition coefficient (Wildman–Crippen LogP) is 4.84. The molecule has 3 rings (SSSR count). The third-order valence-electron chi connectivity index (χ3n) is 3.52.